The summed E-state index contributed by atoms with van der Waals surface area (Å²) >= 11 is 3.45. The van der Waals surface area contributed by atoms with Crippen LogP contribution in [0.4, 0.5) is 0 Å². The highest BCUT2D eigenvalue weighted by Gasteiger charge is 2.00. The molecule has 0 saturated heterocycles. The summed E-state index contributed by atoms with van der Waals surface area (Å²) in [6, 6.07) is 8.19. The van der Waals surface area contributed by atoms with Gasteiger partial charge in [0.05, 0.1) is 18.4 Å². The fourth-order valence-electron chi connectivity index (χ4n) is 1.50. The summed E-state index contributed by atoms with van der Waals surface area (Å²) in [5.41, 5.74) is 2.16. The van der Waals surface area contributed by atoms with Crippen LogP contribution in [0.5, 0.6) is 0 Å². The molecule has 0 aliphatic heterocycles. The van der Waals surface area contributed by atoms with Crippen molar-refractivity contribution in [2.75, 3.05) is 7.05 Å². The lowest BCUT2D eigenvalue weighted by Gasteiger charge is -2.00. The van der Waals surface area contributed by atoms with E-state index in [0.29, 0.717) is 0 Å². The van der Waals surface area contributed by atoms with Gasteiger partial charge in [-0.1, -0.05) is 33.3 Å². The number of hydrogen-bond acceptors (Lipinski definition) is 3. The summed E-state index contributed by atoms with van der Waals surface area (Å²) in [7, 11) is 1.90. The van der Waals surface area contributed by atoms with Crippen LogP contribution < -0.4 is 5.32 Å². The van der Waals surface area contributed by atoms with E-state index < -0.39 is 0 Å². The van der Waals surface area contributed by atoms with Gasteiger partial charge in [-0.15, -0.1) is 5.10 Å². The Morgan fingerprint density at radius 1 is 1.44 bits per heavy atom. The van der Waals surface area contributed by atoms with Crippen molar-refractivity contribution in [3.8, 4) is 0 Å². The van der Waals surface area contributed by atoms with Crippen LogP contribution in [0.1, 0.15) is 11.3 Å². The van der Waals surface area contributed by atoms with Crippen LogP contribution in [0.15, 0.2) is 34.9 Å². The van der Waals surface area contributed by atoms with Crippen molar-refractivity contribution in [1.29, 1.82) is 0 Å². The zero-order chi connectivity index (χ0) is 11.4. The van der Waals surface area contributed by atoms with Crippen LogP contribution in [-0.4, -0.2) is 22.0 Å². The first-order valence-electron chi connectivity index (χ1n) is 5.06. The molecule has 0 spiro atoms. The van der Waals surface area contributed by atoms with Gasteiger partial charge in [0.1, 0.15) is 0 Å². The second kappa shape index (κ2) is 5.23. The van der Waals surface area contributed by atoms with Crippen LogP contribution in [0.3, 0.4) is 0 Å². The Balaban J connectivity index is 2.08. The van der Waals surface area contributed by atoms with Crippen LogP contribution in [-0.2, 0) is 13.1 Å². The number of nitrogens with zero attached hydrogens (tertiary/aromatic N) is 3. The van der Waals surface area contributed by atoms with E-state index in [2.05, 4.69) is 43.7 Å². The molecule has 0 radical (unpaired) electrons. The molecule has 1 aromatic carbocycles. The van der Waals surface area contributed by atoms with Crippen LogP contribution in [0.25, 0.3) is 0 Å². The summed E-state index contributed by atoms with van der Waals surface area (Å²) in [6.45, 7) is 1.49. The van der Waals surface area contributed by atoms with Crippen molar-refractivity contribution in [2.24, 2.45) is 0 Å². The lowest BCUT2D eigenvalue weighted by Crippen LogP contribution is -2.05. The third kappa shape index (κ3) is 2.90. The number of rotatable bonds is 4. The van der Waals surface area contributed by atoms with E-state index >= 15 is 0 Å². The van der Waals surface area contributed by atoms with Crippen LogP contribution >= 0.6 is 15.9 Å². The summed E-state index contributed by atoms with van der Waals surface area (Å²) in [5, 5.41) is 11.2. The zero-order valence-corrected chi connectivity index (χ0v) is 10.6. The van der Waals surface area contributed by atoms with Crippen LogP contribution in [0, 0.1) is 0 Å². The molecule has 0 bridgehead atoms. The highest BCUT2D eigenvalue weighted by molar-refractivity contribution is 9.10. The van der Waals surface area contributed by atoms with Crippen molar-refractivity contribution in [3.05, 3.63) is 46.2 Å². The van der Waals surface area contributed by atoms with Crippen molar-refractivity contribution in [2.45, 2.75) is 13.1 Å². The Kier molecular flexibility index (Phi) is 3.69. The Hall–Kier alpha value is -1.20. The number of halogens is 1. The summed E-state index contributed by atoms with van der Waals surface area (Å²) in [4.78, 5) is 0. The predicted molar refractivity (Wildman–Crippen MR) is 66.0 cm³/mol. The molecule has 0 unspecified atom stereocenters. The lowest BCUT2D eigenvalue weighted by molar-refractivity contribution is 0.648. The maximum absolute atomic E-state index is 4.07. The SMILES string of the molecule is CNCc1cn(Cc2cccc(Br)c2)nn1. The van der Waals surface area contributed by atoms with Gasteiger partial charge in [-0.25, -0.2) is 4.68 Å². The molecular formula is C11H13BrN4. The maximum Gasteiger partial charge on any atom is 0.0964 e. The van der Waals surface area contributed by atoms with Gasteiger partial charge < -0.3 is 5.32 Å². The van der Waals surface area contributed by atoms with Gasteiger partial charge in [0.25, 0.3) is 0 Å². The molecule has 0 saturated carbocycles. The standard InChI is InChI=1S/C11H13BrN4/c1-13-6-11-8-16(15-14-11)7-9-3-2-4-10(12)5-9/h2-5,8,13H,6-7H2,1H3. The lowest BCUT2D eigenvalue weighted by atomic mass is 10.2. The minimum Gasteiger partial charge on any atom is -0.314 e. The zero-order valence-electron chi connectivity index (χ0n) is 9.02. The van der Waals surface area contributed by atoms with Gasteiger partial charge in [0, 0.05) is 11.0 Å². The number of nitrogens with one attached hydrogen (secondary N) is 1. The number of aromatic nitrogens is 3. The van der Waals surface area contributed by atoms with E-state index in [9.17, 15) is 0 Å². The largest absolute Gasteiger partial charge is 0.314 e. The third-order valence-corrected chi connectivity index (χ3v) is 2.67. The molecule has 1 aromatic heterocycles. The van der Waals surface area contributed by atoms with Crippen LogP contribution in [0.2, 0.25) is 0 Å². The quantitative estimate of drug-likeness (QED) is 0.929. The van der Waals surface area contributed by atoms with Crippen molar-refractivity contribution in [1.82, 2.24) is 20.3 Å². The average Bonchev–Trinajstić information content (AvgIpc) is 2.66. The highest BCUT2D eigenvalue weighted by Crippen LogP contribution is 2.12. The molecule has 0 amide bonds. The summed E-state index contributed by atoms with van der Waals surface area (Å²) in [5.74, 6) is 0. The molecule has 16 heavy (non-hydrogen) atoms. The Labute approximate surface area is 103 Å². The first-order chi connectivity index (χ1) is 7.78. The predicted octanol–water partition coefficient (Wildman–Crippen LogP) is 1.81. The van der Waals surface area contributed by atoms with E-state index in [1.54, 1.807) is 0 Å². The van der Waals surface area contributed by atoms with Crippen molar-refractivity contribution < 1.29 is 0 Å². The van der Waals surface area contributed by atoms with E-state index in [4.69, 9.17) is 0 Å². The first-order valence-corrected chi connectivity index (χ1v) is 5.85. The van der Waals surface area contributed by atoms with E-state index in [-0.39, 0.29) is 0 Å². The third-order valence-electron chi connectivity index (χ3n) is 2.18. The highest BCUT2D eigenvalue weighted by atomic mass is 79.9. The monoisotopic (exact) mass is 280 g/mol. The molecule has 0 fully saturated rings. The van der Waals surface area contributed by atoms with Gasteiger partial charge in [0.2, 0.25) is 0 Å². The smallest absolute Gasteiger partial charge is 0.0964 e. The molecule has 84 valence electrons. The number of hydrogen-bond donors (Lipinski definition) is 1. The minimum absolute atomic E-state index is 0.746. The molecule has 2 rings (SSSR count). The maximum atomic E-state index is 4.07. The molecule has 2 aromatic rings. The fraction of sp³-hybridized carbons (Fsp3) is 0.273. The van der Waals surface area contributed by atoms with Gasteiger partial charge >= 0.3 is 0 Å². The molecule has 0 aliphatic carbocycles. The topological polar surface area (TPSA) is 42.7 Å². The Morgan fingerprint density at radius 3 is 3.06 bits per heavy atom. The van der Waals surface area contributed by atoms with E-state index in [1.807, 2.05) is 30.1 Å². The first kappa shape index (κ1) is 11.3. The molecule has 0 aliphatic rings. The van der Waals surface area contributed by atoms with Gasteiger partial charge in [-0.2, -0.15) is 0 Å². The van der Waals surface area contributed by atoms with Gasteiger partial charge in [0.15, 0.2) is 0 Å². The second-order valence-corrected chi connectivity index (χ2v) is 4.48. The molecular weight excluding hydrogens is 268 g/mol. The molecule has 1 N–H and O–H groups in total. The second-order valence-electron chi connectivity index (χ2n) is 3.57. The van der Waals surface area contributed by atoms with E-state index in [1.165, 1.54) is 5.56 Å². The van der Waals surface area contributed by atoms with Gasteiger partial charge in [-0.3, -0.25) is 0 Å². The summed E-state index contributed by atoms with van der Waals surface area (Å²) < 4.78 is 2.93. The molecule has 4 nitrogen and oxygen atoms in total. The Bertz CT molecular complexity index is 467. The molecule has 1 heterocycles. The van der Waals surface area contributed by atoms with Crippen molar-refractivity contribution >= 4 is 15.9 Å². The van der Waals surface area contributed by atoms with Crippen molar-refractivity contribution in [3.63, 3.8) is 0 Å². The van der Waals surface area contributed by atoms with Gasteiger partial charge in [-0.05, 0) is 24.7 Å². The normalized spacial score (nSPS) is 10.6. The van der Waals surface area contributed by atoms with E-state index in [0.717, 1.165) is 23.3 Å². The minimum atomic E-state index is 0.746. The molecule has 5 heteroatoms. The average molecular weight is 281 g/mol. The fourth-order valence-corrected chi connectivity index (χ4v) is 1.95. The Morgan fingerprint density at radius 2 is 2.31 bits per heavy atom. The number of benzene rings is 1. The summed E-state index contributed by atoms with van der Waals surface area (Å²) in [6.07, 6.45) is 1.96. The molecule has 0 atom stereocenters.